The van der Waals surface area contributed by atoms with Crippen molar-refractivity contribution in [1.29, 1.82) is 0 Å². The van der Waals surface area contributed by atoms with Crippen molar-refractivity contribution in [2.24, 2.45) is 5.92 Å². The van der Waals surface area contributed by atoms with Gasteiger partial charge in [-0.05, 0) is 19.4 Å². The minimum atomic E-state index is -0.470. The van der Waals surface area contributed by atoms with Gasteiger partial charge in [0.25, 0.3) is 5.69 Å². The molecule has 1 saturated heterocycles. The fraction of sp³-hybridized carbons (Fsp3) is 0.545. The van der Waals surface area contributed by atoms with Crippen LogP contribution in [0.25, 0.3) is 0 Å². The molecule has 0 radical (unpaired) electrons. The fourth-order valence-corrected chi connectivity index (χ4v) is 1.84. The van der Waals surface area contributed by atoms with E-state index in [-0.39, 0.29) is 5.69 Å². The summed E-state index contributed by atoms with van der Waals surface area (Å²) in [6.07, 6.45) is 3.54. The number of ether oxygens (including phenoxy) is 1. The van der Waals surface area contributed by atoms with Gasteiger partial charge in [0.15, 0.2) is 0 Å². The van der Waals surface area contributed by atoms with Crippen LogP contribution < -0.4 is 10.1 Å². The van der Waals surface area contributed by atoms with E-state index in [0.717, 1.165) is 19.5 Å². The molecule has 0 aromatic carbocycles. The molecule has 1 aliphatic rings. The van der Waals surface area contributed by atoms with Crippen LogP contribution in [-0.2, 0) is 0 Å². The zero-order valence-electron chi connectivity index (χ0n) is 9.46. The van der Waals surface area contributed by atoms with E-state index in [0.29, 0.717) is 18.4 Å². The molecule has 2 heterocycles. The Bertz CT molecular complexity index is 374. The molecule has 6 nitrogen and oxygen atoms in total. The first-order valence-electron chi connectivity index (χ1n) is 5.69. The summed E-state index contributed by atoms with van der Waals surface area (Å²) in [5, 5.41) is 13.7. The second-order valence-corrected chi connectivity index (χ2v) is 4.14. The molecule has 0 unspecified atom stereocenters. The van der Waals surface area contributed by atoms with Crippen molar-refractivity contribution in [3.05, 3.63) is 28.4 Å². The van der Waals surface area contributed by atoms with Gasteiger partial charge in [0.05, 0.1) is 11.5 Å². The van der Waals surface area contributed by atoms with Crippen LogP contribution in [0.5, 0.6) is 5.88 Å². The van der Waals surface area contributed by atoms with Crippen LogP contribution in [0.2, 0.25) is 0 Å². The van der Waals surface area contributed by atoms with Crippen molar-refractivity contribution in [2.45, 2.75) is 12.8 Å². The first-order chi connectivity index (χ1) is 8.25. The number of hydrogen-bond donors (Lipinski definition) is 1. The van der Waals surface area contributed by atoms with Crippen molar-refractivity contribution in [2.75, 3.05) is 19.7 Å². The zero-order chi connectivity index (χ0) is 12.1. The molecule has 0 saturated carbocycles. The zero-order valence-corrected chi connectivity index (χ0v) is 9.46. The lowest BCUT2D eigenvalue weighted by Gasteiger charge is -2.22. The fourth-order valence-electron chi connectivity index (χ4n) is 1.84. The Hall–Kier alpha value is -1.69. The van der Waals surface area contributed by atoms with E-state index in [9.17, 15) is 10.1 Å². The third-order valence-corrected chi connectivity index (χ3v) is 2.80. The van der Waals surface area contributed by atoms with Gasteiger partial charge >= 0.3 is 0 Å². The largest absolute Gasteiger partial charge is 0.477 e. The Kier molecular flexibility index (Phi) is 3.87. The molecule has 1 aromatic rings. The average molecular weight is 237 g/mol. The number of nitrogens with zero attached hydrogens (tertiary/aromatic N) is 2. The third kappa shape index (κ3) is 3.39. The number of hydrogen-bond acceptors (Lipinski definition) is 5. The smallest absolute Gasteiger partial charge is 0.287 e. The van der Waals surface area contributed by atoms with Gasteiger partial charge in [0.1, 0.15) is 6.20 Å². The van der Waals surface area contributed by atoms with Gasteiger partial charge in [0.2, 0.25) is 5.88 Å². The van der Waals surface area contributed by atoms with Gasteiger partial charge in [0, 0.05) is 24.6 Å². The Labute approximate surface area is 99.2 Å². The number of piperidine rings is 1. The predicted octanol–water partition coefficient (Wildman–Crippen LogP) is 1.37. The van der Waals surface area contributed by atoms with Crippen LogP contribution in [0.15, 0.2) is 18.3 Å². The summed E-state index contributed by atoms with van der Waals surface area (Å²) < 4.78 is 5.51. The lowest BCUT2D eigenvalue weighted by atomic mass is 10.0. The van der Waals surface area contributed by atoms with Crippen LogP contribution in [0.1, 0.15) is 12.8 Å². The molecule has 1 N–H and O–H groups in total. The number of pyridine rings is 1. The first-order valence-corrected chi connectivity index (χ1v) is 5.69. The summed E-state index contributed by atoms with van der Waals surface area (Å²) >= 11 is 0. The Balaban J connectivity index is 1.84. The molecule has 0 amide bonds. The van der Waals surface area contributed by atoms with Crippen LogP contribution in [0, 0.1) is 16.0 Å². The van der Waals surface area contributed by atoms with Crippen LogP contribution >= 0.6 is 0 Å². The maximum absolute atomic E-state index is 10.4. The molecule has 2 rings (SSSR count). The number of nitrogens with one attached hydrogen (secondary N) is 1. The van der Waals surface area contributed by atoms with E-state index < -0.39 is 4.92 Å². The van der Waals surface area contributed by atoms with Gasteiger partial charge in [-0.3, -0.25) is 10.1 Å². The molecule has 0 aliphatic carbocycles. The van der Waals surface area contributed by atoms with Gasteiger partial charge in [-0.25, -0.2) is 4.98 Å². The highest BCUT2D eigenvalue weighted by molar-refractivity contribution is 5.28. The predicted molar refractivity (Wildman–Crippen MR) is 62.0 cm³/mol. The lowest BCUT2D eigenvalue weighted by molar-refractivity contribution is -0.385. The van der Waals surface area contributed by atoms with E-state index in [1.54, 1.807) is 0 Å². The molecular weight excluding hydrogens is 222 g/mol. The van der Waals surface area contributed by atoms with E-state index in [4.69, 9.17) is 4.74 Å². The summed E-state index contributed by atoms with van der Waals surface area (Å²) in [6.45, 7) is 2.65. The molecule has 1 fully saturated rings. The second-order valence-electron chi connectivity index (χ2n) is 4.14. The Morgan fingerprint density at radius 3 is 3.06 bits per heavy atom. The normalized spacial score (nSPS) is 19.9. The van der Waals surface area contributed by atoms with Crippen LogP contribution in [0.4, 0.5) is 5.69 Å². The van der Waals surface area contributed by atoms with E-state index >= 15 is 0 Å². The second kappa shape index (κ2) is 5.58. The van der Waals surface area contributed by atoms with Crippen molar-refractivity contribution in [3.8, 4) is 5.88 Å². The van der Waals surface area contributed by atoms with E-state index in [2.05, 4.69) is 10.3 Å². The number of aromatic nitrogens is 1. The number of nitro groups is 1. The first kappa shape index (κ1) is 11.8. The maximum Gasteiger partial charge on any atom is 0.287 e. The van der Waals surface area contributed by atoms with Crippen molar-refractivity contribution < 1.29 is 9.66 Å². The Morgan fingerprint density at radius 2 is 2.47 bits per heavy atom. The SMILES string of the molecule is O=[N+]([O-])c1ccc(OC[C@@H]2CCCNC2)nc1. The quantitative estimate of drug-likeness (QED) is 0.632. The van der Waals surface area contributed by atoms with Gasteiger partial charge in [-0.1, -0.05) is 0 Å². The third-order valence-electron chi connectivity index (χ3n) is 2.80. The molecule has 92 valence electrons. The highest BCUT2D eigenvalue weighted by Gasteiger charge is 2.14. The van der Waals surface area contributed by atoms with Crippen molar-refractivity contribution >= 4 is 5.69 Å². The minimum absolute atomic E-state index is 0.0170. The molecule has 17 heavy (non-hydrogen) atoms. The highest BCUT2D eigenvalue weighted by Crippen LogP contribution is 2.16. The molecule has 1 aromatic heterocycles. The molecule has 1 aliphatic heterocycles. The molecule has 0 spiro atoms. The van der Waals surface area contributed by atoms with Gasteiger partial charge in [-0.15, -0.1) is 0 Å². The monoisotopic (exact) mass is 237 g/mol. The summed E-state index contributed by atoms with van der Waals surface area (Å²) in [5.74, 6) is 0.946. The average Bonchev–Trinajstić information content (AvgIpc) is 2.38. The summed E-state index contributed by atoms with van der Waals surface area (Å²) in [7, 11) is 0. The molecule has 0 bridgehead atoms. The van der Waals surface area contributed by atoms with Crippen LogP contribution in [0.3, 0.4) is 0 Å². The number of rotatable bonds is 4. The standard InChI is InChI=1S/C11H15N3O3/c15-14(16)10-3-4-11(13-7-10)17-8-9-2-1-5-12-6-9/h3-4,7,9,12H,1-2,5-6,8H2/t9-/m1/s1. The highest BCUT2D eigenvalue weighted by atomic mass is 16.6. The van der Waals surface area contributed by atoms with Gasteiger partial charge in [-0.2, -0.15) is 0 Å². The molecule has 1 atom stereocenters. The van der Waals surface area contributed by atoms with Crippen LogP contribution in [-0.4, -0.2) is 29.6 Å². The summed E-state index contributed by atoms with van der Waals surface area (Å²) in [5.41, 5.74) is -0.0170. The maximum atomic E-state index is 10.4. The lowest BCUT2D eigenvalue weighted by Crippen LogP contribution is -2.33. The summed E-state index contributed by atoms with van der Waals surface area (Å²) in [4.78, 5) is 13.9. The summed E-state index contributed by atoms with van der Waals surface area (Å²) in [6, 6.07) is 2.94. The van der Waals surface area contributed by atoms with Gasteiger partial charge < -0.3 is 10.1 Å². The topological polar surface area (TPSA) is 77.3 Å². The van der Waals surface area contributed by atoms with E-state index in [1.807, 2.05) is 0 Å². The molecule has 6 heteroatoms. The van der Waals surface area contributed by atoms with Crippen molar-refractivity contribution in [1.82, 2.24) is 10.3 Å². The van der Waals surface area contributed by atoms with Crippen molar-refractivity contribution in [3.63, 3.8) is 0 Å². The van der Waals surface area contributed by atoms with E-state index in [1.165, 1.54) is 24.8 Å². The minimum Gasteiger partial charge on any atom is -0.477 e. The Morgan fingerprint density at radius 1 is 1.59 bits per heavy atom. The molecular formula is C11H15N3O3.